The fraction of sp³-hybridized carbons (Fsp3) is 0.176. The minimum Gasteiger partial charge on any atom is -0.508 e. The molecule has 0 aliphatic heterocycles. The van der Waals surface area contributed by atoms with E-state index in [2.05, 4.69) is 10.3 Å². The third-order valence-corrected chi connectivity index (χ3v) is 3.73. The summed E-state index contributed by atoms with van der Waals surface area (Å²) < 4.78 is 1.91. The molecule has 0 fully saturated rings. The molecule has 0 bridgehead atoms. The van der Waals surface area contributed by atoms with Crippen molar-refractivity contribution in [2.24, 2.45) is 7.05 Å². The minimum atomic E-state index is -0.146. The van der Waals surface area contributed by atoms with Crippen molar-refractivity contribution in [3.05, 3.63) is 59.9 Å². The molecule has 1 atom stereocenters. The van der Waals surface area contributed by atoms with Gasteiger partial charge in [-0.3, -0.25) is 4.79 Å². The zero-order valence-corrected chi connectivity index (χ0v) is 12.4. The Labute approximate surface area is 128 Å². The van der Waals surface area contributed by atoms with Gasteiger partial charge in [0.1, 0.15) is 5.75 Å². The van der Waals surface area contributed by atoms with Gasteiger partial charge >= 0.3 is 0 Å². The first kappa shape index (κ1) is 14.1. The van der Waals surface area contributed by atoms with Crippen LogP contribution in [0.4, 0.5) is 0 Å². The summed E-state index contributed by atoms with van der Waals surface area (Å²) in [4.78, 5) is 16.6. The smallest absolute Gasteiger partial charge is 0.251 e. The number of carbonyl (C=O) groups is 1. The van der Waals surface area contributed by atoms with Crippen molar-refractivity contribution >= 4 is 16.9 Å². The molecule has 5 nitrogen and oxygen atoms in total. The highest BCUT2D eigenvalue weighted by Crippen LogP contribution is 2.18. The van der Waals surface area contributed by atoms with Crippen molar-refractivity contribution in [3.8, 4) is 5.75 Å². The second-order valence-electron chi connectivity index (χ2n) is 5.35. The van der Waals surface area contributed by atoms with Gasteiger partial charge in [0, 0.05) is 12.6 Å². The Morgan fingerprint density at radius 3 is 2.68 bits per heavy atom. The van der Waals surface area contributed by atoms with Crippen LogP contribution in [0.1, 0.15) is 28.9 Å². The number of amides is 1. The van der Waals surface area contributed by atoms with E-state index in [0.29, 0.717) is 5.56 Å². The molecule has 1 aromatic heterocycles. The van der Waals surface area contributed by atoms with Crippen molar-refractivity contribution in [1.82, 2.24) is 14.9 Å². The lowest BCUT2D eigenvalue weighted by atomic mass is 10.1. The maximum atomic E-state index is 12.4. The van der Waals surface area contributed by atoms with Crippen molar-refractivity contribution in [1.29, 1.82) is 0 Å². The summed E-state index contributed by atoms with van der Waals surface area (Å²) in [6, 6.07) is 12.1. The lowest BCUT2D eigenvalue weighted by Gasteiger charge is -2.14. The number of rotatable bonds is 3. The van der Waals surface area contributed by atoms with E-state index >= 15 is 0 Å². The van der Waals surface area contributed by atoms with Crippen molar-refractivity contribution < 1.29 is 9.90 Å². The number of nitrogens with zero attached hydrogens (tertiary/aromatic N) is 2. The number of phenolic OH excluding ortho intramolecular Hbond substituents is 1. The molecule has 1 amide bonds. The largest absolute Gasteiger partial charge is 0.508 e. The molecule has 0 radical (unpaired) electrons. The average Bonchev–Trinajstić information content (AvgIpc) is 2.88. The van der Waals surface area contributed by atoms with Crippen LogP contribution < -0.4 is 5.32 Å². The summed E-state index contributed by atoms with van der Waals surface area (Å²) in [7, 11) is 1.92. The average molecular weight is 295 g/mol. The van der Waals surface area contributed by atoms with Gasteiger partial charge in [-0.25, -0.2) is 4.98 Å². The van der Waals surface area contributed by atoms with Gasteiger partial charge in [-0.15, -0.1) is 0 Å². The summed E-state index contributed by atoms with van der Waals surface area (Å²) in [5.74, 6) is 0.0657. The SMILES string of the molecule is C[C@H](NC(=O)c1ccc2c(c1)ncn2C)c1ccc(O)cc1. The number of imidazole rings is 1. The van der Waals surface area contributed by atoms with E-state index in [-0.39, 0.29) is 17.7 Å². The van der Waals surface area contributed by atoms with Gasteiger partial charge in [0.25, 0.3) is 5.91 Å². The molecule has 2 aromatic carbocycles. The first-order chi connectivity index (χ1) is 10.5. The zero-order valence-electron chi connectivity index (χ0n) is 12.4. The molecule has 0 spiro atoms. The molecule has 22 heavy (non-hydrogen) atoms. The fourth-order valence-corrected chi connectivity index (χ4v) is 2.40. The molecule has 0 aliphatic carbocycles. The van der Waals surface area contributed by atoms with Gasteiger partial charge in [0.2, 0.25) is 0 Å². The number of aromatic hydroxyl groups is 1. The quantitative estimate of drug-likeness (QED) is 0.780. The van der Waals surface area contributed by atoms with Crippen LogP contribution in [-0.4, -0.2) is 20.6 Å². The van der Waals surface area contributed by atoms with Gasteiger partial charge in [0.05, 0.1) is 23.4 Å². The van der Waals surface area contributed by atoms with Gasteiger partial charge in [-0.05, 0) is 42.8 Å². The van der Waals surface area contributed by atoms with E-state index in [9.17, 15) is 9.90 Å². The summed E-state index contributed by atoms with van der Waals surface area (Å²) in [6.07, 6.45) is 1.73. The lowest BCUT2D eigenvalue weighted by Crippen LogP contribution is -2.26. The Kier molecular flexibility index (Phi) is 3.55. The summed E-state index contributed by atoms with van der Waals surface area (Å²) in [5, 5.41) is 12.3. The highest BCUT2D eigenvalue weighted by Gasteiger charge is 2.12. The van der Waals surface area contributed by atoms with Crippen LogP contribution in [0.2, 0.25) is 0 Å². The van der Waals surface area contributed by atoms with Crippen LogP contribution in [0.15, 0.2) is 48.8 Å². The molecule has 0 saturated carbocycles. The van der Waals surface area contributed by atoms with Crippen LogP contribution in [0.25, 0.3) is 11.0 Å². The fourth-order valence-electron chi connectivity index (χ4n) is 2.40. The number of aryl methyl sites for hydroxylation is 1. The van der Waals surface area contributed by atoms with E-state index < -0.39 is 0 Å². The van der Waals surface area contributed by atoms with E-state index in [1.165, 1.54) is 0 Å². The standard InChI is InChI=1S/C17H17N3O2/c1-11(12-3-6-14(21)7-4-12)19-17(22)13-5-8-16-15(9-13)18-10-20(16)2/h3-11,21H,1-2H3,(H,19,22)/t11-/m0/s1. The number of nitrogens with one attached hydrogen (secondary N) is 1. The molecule has 0 saturated heterocycles. The first-order valence-electron chi connectivity index (χ1n) is 7.05. The molecule has 2 N–H and O–H groups in total. The van der Waals surface area contributed by atoms with Crippen LogP contribution in [0.3, 0.4) is 0 Å². The van der Waals surface area contributed by atoms with Crippen molar-refractivity contribution in [2.75, 3.05) is 0 Å². The molecule has 1 heterocycles. The van der Waals surface area contributed by atoms with Crippen LogP contribution in [-0.2, 0) is 7.05 Å². The Morgan fingerprint density at radius 1 is 1.23 bits per heavy atom. The molecule has 0 aliphatic rings. The van der Waals surface area contributed by atoms with Crippen molar-refractivity contribution in [2.45, 2.75) is 13.0 Å². The Bertz CT molecular complexity index is 822. The zero-order chi connectivity index (χ0) is 15.7. The number of aromatic nitrogens is 2. The second-order valence-corrected chi connectivity index (χ2v) is 5.35. The molecule has 5 heteroatoms. The van der Waals surface area contributed by atoms with E-state index in [1.54, 1.807) is 42.7 Å². The highest BCUT2D eigenvalue weighted by molar-refractivity contribution is 5.97. The summed E-state index contributed by atoms with van der Waals surface area (Å²) >= 11 is 0. The van der Waals surface area contributed by atoms with Gasteiger partial charge in [-0.1, -0.05) is 12.1 Å². The maximum absolute atomic E-state index is 12.4. The first-order valence-corrected chi connectivity index (χ1v) is 7.05. The molecule has 0 unspecified atom stereocenters. The molecular weight excluding hydrogens is 278 g/mol. The molecular formula is C17H17N3O2. The predicted molar refractivity (Wildman–Crippen MR) is 84.7 cm³/mol. The summed E-state index contributed by atoms with van der Waals surface area (Å²) in [6.45, 7) is 1.91. The normalized spacial score (nSPS) is 12.3. The monoisotopic (exact) mass is 295 g/mol. The molecule has 112 valence electrons. The Morgan fingerprint density at radius 2 is 1.95 bits per heavy atom. The predicted octanol–water partition coefficient (Wildman–Crippen LogP) is 2.77. The second kappa shape index (κ2) is 5.52. The van der Waals surface area contributed by atoms with Gasteiger partial charge in [-0.2, -0.15) is 0 Å². The third-order valence-electron chi connectivity index (χ3n) is 3.73. The number of phenols is 1. The number of fused-ring (bicyclic) bond motifs is 1. The van der Waals surface area contributed by atoms with Crippen molar-refractivity contribution in [3.63, 3.8) is 0 Å². The Hall–Kier alpha value is -2.82. The topological polar surface area (TPSA) is 67.2 Å². The number of carbonyl (C=O) groups excluding carboxylic acids is 1. The van der Waals surface area contributed by atoms with Crippen LogP contribution in [0, 0.1) is 0 Å². The lowest BCUT2D eigenvalue weighted by molar-refractivity contribution is 0.0940. The number of hydrogen-bond acceptors (Lipinski definition) is 3. The maximum Gasteiger partial charge on any atom is 0.251 e. The molecule has 3 aromatic rings. The van der Waals surface area contributed by atoms with Gasteiger partial charge < -0.3 is 15.0 Å². The number of hydrogen-bond donors (Lipinski definition) is 2. The summed E-state index contributed by atoms with van der Waals surface area (Å²) in [5.41, 5.74) is 3.30. The minimum absolute atomic E-state index is 0.145. The van der Waals surface area contributed by atoms with E-state index in [1.807, 2.05) is 24.6 Å². The number of benzene rings is 2. The third kappa shape index (κ3) is 2.65. The highest BCUT2D eigenvalue weighted by atomic mass is 16.3. The molecule has 3 rings (SSSR count). The van der Waals surface area contributed by atoms with Crippen LogP contribution >= 0.6 is 0 Å². The van der Waals surface area contributed by atoms with Crippen LogP contribution in [0.5, 0.6) is 5.75 Å². The van der Waals surface area contributed by atoms with E-state index in [0.717, 1.165) is 16.6 Å². The van der Waals surface area contributed by atoms with E-state index in [4.69, 9.17) is 0 Å². The van der Waals surface area contributed by atoms with Gasteiger partial charge in [0.15, 0.2) is 0 Å². The Balaban J connectivity index is 1.78.